The van der Waals surface area contributed by atoms with Crippen LogP contribution in [0.4, 0.5) is 0 Å². The zero-order chi connectivity index (χ0) is 19.1. The van der Waals surface area contributed by atoms with Crippen LogP contribution in [0.15, 0.2) is 30.3 Å². The summed E-state index contributed by atoms with van der Waals surface area (Å²) in [5, 5.41) is 0. The molecule has 5 heteroatoms. The Morgan fingerprint density at radius 1 is 1.07 bits per heavy atom. The quantitative estimate of drug-likeness (QED) is 0.818. The third-order valence-corrected chi connectivity index (χ3v) is 6.22. The van der Waals surface area contributed by atoms with Crippen molar-refractivity contribution < 1.29 is 19.0 Å². The third kappa shape index (κ3) is 2.89. The largest absolute Gasteiger partial charge is 0.497 e. The van der Waals surface area contributed by atoms with Gasteiger partial charge in [-0.25, -0.2) is 0 Å². The highest BCUT2D eigenvalue weighted by molar-refractivity contribution is 5.94. The highest BCUT2D eigenvalue weighted by Gasteiger charge is 2.33. The molecule has 146 valence electrons. The summed E-state index contributed by atoms with van der Waals surface area (Å²) in [6.45, 7) is 3.07. The van der Waals surface area contributed by atoms with Gasteiger partial charge < -0.3 is 19.1 Å². The molecule has 1 fully saturated rings. The van der Waals surface area contributed by atoms with Crippen molar-refractivity contribution in [3.05, 3.63) is 52.6 Å². The van der Waals surface area contributed by atoms with Crippen LogP contribution in [-0.2, 0) is 12.8 Å². The predicted molar refractivity (Wildman–Crippen MR) is 106 cm³/mol. The van der Waals surface area contributed by atoms with Crippen LogP contribution in [-0.4, -0.2) is 44.2 Å². The van der Waals surface area contributed by atoms with E-state index < -0.39 is 0 Å². The minimum Gasteiger partial charge on any atom is -0.497 e. The molecular formula is C23H25NO4. The number of ether oxygens (including phenoxy) is 3. The van der Waals surface area contributed by atoms with Crippen LogP contribution in [0.2, 0.25) is 0 Å². The second kappa shape index (κ2) is 7.04. The standard InChI is InChI=1S/C23H25NO4/c1-26-18-4-2-16(3-5-18)23(25)24-10-6-15(7-11-24)21-19-9-13-27-20(19)14-17-8-12-28-22(17)21/h2-5,14-15H,6-13H2,1H3. The van der Waals surface area contributed by atoms with Crippen molar-refractivity contribution in [2.45, 2.75) is 31.6 Å². The summed E-state index contributed by atoms with van der Waals surface area (Å²) in [4.78, 5) is 14.8. The fraction of sp³-hybridized carbons (Fsp3) is 0.435. The van der Waals surface area contributed by atoms with Crippen molar-refractivity contribution in [2.24, 2.45) is 0 Å². The van der Waals surface area contributed by atoms with Crippen LogP contribution in [0.3, 0.4) is 0 Å². The van der Waals surface area contributed by atoms with Crippen LogP contribution in [0, 0.1) is 0 Å². The first-order valence-corrected chi connectivity index (χ1v) is 10.1. The van der Waals surface area contributed by atoms with Gasteiger partial charge in [-0.1, -0.05) is 0 Å². The van der Waals surface area contributed by atoms with Gasteiger partial charge in [0.05, 0.1) is 20.3 Å². The first-order chi connectivity index (χ1) is 13.7. The van der Waals surface area contributed by atoms with E-state index in [-0.39, 0.29) is 5.91 Å². The van der Waals surface area contributed by atoms with E-state index in [0.717, 1.165) is 74.8 Å². The molecule has 3 aliphatic heterocycles. The van der Waals surface area contributed by atoms with E-state index in [0.29, 0.717) is 5.92 Å². The van der Waals surface area contributed by atoms with Crippen molar-refractivity contribution >= 4 is 5.91 Å². The lowest BCUT2D eigenvalue weighted by molar-refractivity contribution is 0.0712. The first-order valence-electron chi connectivity index (χ1n) is 10.1. The van der Waals surface area contributed by atoms with Crippen LogP contribution >= 0.6 is 0 Å². The van der Waals surface area contributed by atoms with Gasteiger partial charge in [0.15, 0.2) is 0 Å². The van der Waals surface area contributed by atoms with E-state index in [4.69, 9.17) is 14.2 Å². The molecule has 2 aromatic carbocycles. The molecule has 0 saturated carbocycles. The van der Waals surface area contributed by atoms with Gasteiger partial charge in [0.1, 0.15) is 17.2 Å². The smallest absolute Gasteiger partial charge is 0.253 e. The number of piperidine rings is 1. The number of hydrogen-bond donors (Lipinski definition) is 0. The SMILES string of the molecule is COc1ccc(C(=O)N2CCC(c3c4c(cc5c3OCC5)OCC4)CC2)cc1. The summed E-state index contributed by atoms with van der Waals surface area (Å²) in [6.07, 6.45) is 3.86. The van der Waals surface area contributed by atoms with Crippen molar-refractivity contribution in [3.8, 4) is 17.2 Å². The van der Waals surface area contributed by atoms with Crippen LogP contribution in [0.1, 0.15) is 45.8 Å². The lowest BCUT2D eigenvalue weighted by Crippen LogP contribution is -2.38. The van der Waals surface area contributed by atoms with Gasteiger partial charge in [-0.2, -0.15) is 0 Å². The highest BCUT2D eigenvalue weighted by atomic mass is 16.5. The molecule has 0 unspecified atom stereocenters. The van der Waals surface area contributed by atoms with Gasteiger partial charge in [-0.05, 0) is 49.1 Å². The number of benzene rings is 2. The maximum absolute atomic E-state index is 12.9. The number of methoxy groups -OCH3 is 1. The van der Waals surface area contributed by atoms with E-state index >= 15 is 0 Å². The summed E-state index contributed by atoms with van der Waals surface area (Å²) in [5.74, 6) is 3.46. The molecule has 0 spiro atoms. The van der Waals surface area contributed by atoms with Crippen LogP contribution < -0.4 is 14.2 Å². The lowest BCUT2D eigenvalue weighted by atomic mass is 9.83. The van der Waals surface area contributed by atoms with Gasteiger partial charge >= 0.3 is 0 Å². The number of hydrogen-bond acceptors (Lipinski definition) is 4. The summed E-state index contributed by atoms with van der Waals surface area (Å²) in [5.41, 5.74) is 4.70. The fourth-order valence-corrected chi connectivity index (χ4v) is 4.74. The lowest BCUT2D eigenvalue weighted by Gasteiger charge is -2.33. The maximum atomic E-state index is 12.9. The van der Waals surface area contributed by atoms with Crippen molar-refractivity contribution in [1.82, 2.24) is 4.90 Å². The molecule has 0 atom stereocenters. The summed E-state index contributed by atoms with van der Waals surface area (Å²) >= 11 is 0. The second-order valence-electron chi connectivity index (χ2n) is 7.75. The van der Waals surface area contributed by atoms with E-state index in [1.807, 2.05) is 29.2 Å². The third-order valence-electron chi connectivity index (χ3n) is 6.22. The molecule has 28 heavy (non-hydrogen) atoms. The molecule has 1 saturated heterocycles. The normalized spacial score (nSPS) is 18.2. The monoisotopic (exact) mass is 379 g/mol. The molecular weight excluding hydrogens is 354 g/mol. The van der Waals surface area contributed by atoms with Crippen LogP contribution in [0.5, 0.6) is 17.2 Å². The second-order valence-corrected chi connectivity index (χ2v) is 7.75. The predicted octanol–water partition coefficient (Wildman–Crippen LogP) is 3.58. The fourth-order valence-electron chi connectivity index (χ4n) is 4.74. The average Bonchev–Trinajstić information content (AvgIpc) is 3.40. The number of carbonyl (C=O) groups is 1. The van der Waals surface area contributed by atoms with Crippen molar-refractivity contribution in [2.75, 3.05) is 33.4 Å². The van der Waals surface area contributed by atoms with Gasteiger partial charge in [-0.15, -0.1) is 0 Å². The molecule has 0 bridgehead atoms. The summed E-state index contributed by atoms with van der Waals surface area (Å²) < 4.78 is 17.1. The zero-order valence-electron chi connectivity index (χ0n) is 16.2. The van der Waals surface area contributed by atoms with Gasteiger partial charge in [-0.3, -0.25) is 4.79 Å². The molecule has 5 rings (SSSR count). The topological polar surface area (TPSA) is 48.0 Å². The Morgan fingerprint density at radius 2 is 1.82 bits per heavy atom. The molecule has 0 N–H and O–H groups in total. The number of fused-ring (bicyclic) bond motifs is 2. The van der Waals surface area contributed by atoms with Gasteiger partial charge in [0, 0.05) is 48.2 Å². The highest BCUT2D eigenvalue weighted by Crippen LogP contribution is 2.46. The molecule has 0 aromatic heterocycles. The Bertz CT molecular complexity index is 866. The van der Waals surface area contributed by atoms with E-state index in [1.54, 1.807) is 7.11 Å². The van der Waals surface area contributed by atoms with Crippen molar-refractivity contribution in [3.63, 3.8) is 0 Å². The maximum Gasteiger partial charge on any atom is 0.253 e. The molecule has 0 radical (unpaired) electrons. The van der Waals surface area contributed by atoms with Gasteiger partial charge in [0.25, 0.3) is 5.91 Å². The minimum absolute atomic E-state index is 0.101. The molecule has 2 aromatic rings. The van der Waals surface area contributed by atoms with E-state index in [1.165, 1.54) is 16.7 Å². The number of nitrogens with zero attached hydrogens (tertiary/aromatic N) is 1. The average molecular weight is 379 g/mol. The Hall–Kier alpha value is -2.69. The zero-order valence-corrected chi connectivity index (χ0v) is 16.2. The Morgan fingerprint density at radius 3 is 2.57 bits per heavy atom. The number of carbonyl (C=O) groups excluding carboxylic acids is 1. The van der Waals surface area contributed by atoms with Gasteiger partial charge in [0.2, 0.25) is 0 Å². The minimum atomic E-state index is 0.101. The Labute approximate surface area is 165 Å². The molecule has 1 amide bonds. The Kier molecular flexibility index (Phi) is 4.38. The van der Waals surface area contributed by atoms with Crippen LogP contribution in [0.25, 0.3) is 0 Å². The molecule has 3 heterocycles. The number of likely N-dealkylation sites (tertiary alicyclic amines) is 1. The van der Waals surface area contributed by atoms with Crippen molar-refractivity contribution in [1.29, 1.82) is 0 Å². The Balaban J connectivity index is 1.33. The van der Waals surface area contributed by atoms with E-state index in [9.17, 15) is 4.79 Å². The number of rotatable bonds is 3. The molecule has 0 aliphatic carbocycles. The number of amides is 1. The summed E-state index contributed by atoms with van der Waals surface area (Å²) in [6, 6.07) is 9.54. The van der Waals surface area contributed by atoms with E-state index in [2.05, 4.69) is 6.07 Å². The first kappa shape index (κ1) is 17.4. The molecule has 3 aliphatic rings. The summed E-state index contributed by atoms with van der Waals surface area (Å²) in [7, 11) is 1.63. The molecule has 5 nitrogen and oxygen atoms in total.